The molecule has 1 atom stereocenters. The third-order valence-electron chi connectivity index (χ3n) is 2.78. The van der Waals surface area contributed by atoms with Crippen LogP contribution in [0, 0.1) is 0 Å². The molecule has 96 valence electrons. The van der Waals surface area contributed by atoms with Gasteiger partial charge in [-0.15, -0.1) is 0 Å². The number of rotatable bonds is 8. The van der Waals surface area contributed by atoms with Crippen LogP contribution < -0.4 is 5.32 Å². The first-order valence-corrected chi connectivity index (χ1v) is 6.18. The Kier molecular flexibility index (Phi) is 6.77. The summed E-state index contributed by atoms with van der Waals surface area (Å²) in [4.78, 5) is 6.24. The van der Waals surface area contributed by atoms with Gasteiger partial charge >= 0.3 is 0 Å². The van der Waals surface area contributed by atoms with Crippen LogP contribution in [0.5, 0.6) is 0 Å². The highest BCUT2D eigenvalue weighted by Crippen LogP contribution is 1.99. The van der Waals surface area contributed by atoms with Crippen molar-refractivity contribution in [1.82, 2.24) is 15.2 Å². The van der Waals surface area contributed by atoms with Crippen LogP contribution in [0.25, 0.3) is 0 Å². The predicted octanol–water partition coefficient (Wildman–Crippen LogP) is 0.526. The molecule has 1 unspecified atom stereocenters. The van der Waals surface area contributed by atoms with Crippen molar-refractivity contribution in [3.05, 3.63) is 30.1 Å². The largest absolute Gasteiger partial charge is 0.395 e. The van der Waals surface area contributed by atoms with Crippen LogP contribution in [-0.2, 0) is 6.42 Å². The molecular weight excluding hydrogens is 214 g/mol. The number of aliphatic hydroxyl groups excluding tert-OH is 1. The number of aliphatic hydroxyl groups is 1. The van der Waals surface area contributed by atoms with Gasteiger partial charge in [-0.2, -0.15) is 0 Å². The van der Waals surface area contributed by atoms with E-state index in [2.05, 4.69) is 29.2 Å². The van der Waals surface area contributed by atoms with Gasteiger partial charge in [-0.3, -0.25) is 4.98 Å². The van der Waals surface area contributed by atoms with E-state index in [1.54, 1.807) is 0 Å². The summed E-state index contributed by atoms with van der Waals surface area (Å²) in [6, 6.07) is 4.26. The monoisotopic (exact) mass is 237 g/mol. The minimum absolute atomic E-state index is 0.169. The van der Waals surface area contributed by atoms with Gasteiger partial charge in [0.05, 0.1) is 6.61 Å². The maximum absolute atomic E-state index is 9.19. The van der Waals surface area contributed by atoms with Crippen LogP contribution >= 0.6 is 0 Å². The highest BCUT2D eigenvalue weighted by atomic mass is 16.3. The number of hydrogen-bond donors (Lipinski definition) is 2. The fourth-order valence-corrected chi connectivity index (χ4v) is 1.81. The lowest BCUT2D eigenvalue weighted by Gasteiger charge is -2.23. The quantitative estimate of drug-likeness (QED) is 0.692. The second kappa shape index (κ2) is 8.17. The zero-order valence-corrected chi connectivity index (χ0v) is 10.8. The third-order valence-corrected chi connectivity index (χ3v) is 2.78. The Labute approximate surface area is 104 Å². The molecule has 0 fully saturated rings. The molecule has 0 aliphatic rings. The molecule has 2 N–H and O–H groups in total. The van der Waals surface area contributed by atoms with E-state index in [4.69, 9.17) is 0 Å². The van der Waals surface area contributed by atoms with Crippen molar-refractivity contribution >= 4 is 0 Å². The number of aromatic nitrogens is 1. The van der Waals surface area contributed by atoms with E-state index in [0.717, 1.165) is 26.1 Å². The summed E-state index contributed by atoms with van der Waals surface area (Å²) in [5.74, 6) is 0. The van der Waals surface area contributed by atoms with Crippen LogP contribution in [0.1, 0.15) is 12.5 Å². The molecule has 0 saturated heterocycles. The maximum atomic E-state index is 9.19. The SMILES string of the molecule is CCNC(CO)CN(C)CCc1ccncc1. The first kappa shape index (κ1) is 14.1. The van der Waals surface area contributed by atoms with E-state index < -0.39 is 0 Å². The van der Waals surface area contributed by atoms with E-state index in [-0.39, 0.29) is 12.6 Å². The molecule has 1 heterocycles. The highest BCUT2D eigenvalue weighted by Gasteiger charge is 2.08. The Morgan fingerprint density at radius 2 is 2.12 bits per heavy atom. The van der Waals surface area contributed by atoms with Gasteiger partial charge in [0, 0.05) is 31.5 Å². The second-order valence-corrected chi connectivity index (χ2v) is 4.30. The Balaban J connectivity index is 2.27. The Hall–Kier alpha value is -0.970. The van der Waals surface area contributed by atoms with Crippen molar-refractivity contribution in [2.75, 3.05) is 33.3 Å². The third kappa shape index (κ3) is 5.77. The average Bonchev–Trinajstić information content (AvgIpc) is 2.37. The molecule has 0 aliphatic heterocycles. The van der Waals surface area contributed by atoms with Crippen LogP contribution in [0.15, 0.2) is 24.5 Å². The van der Waals surface area contributed by atoms with Gasteiger partial charge in [-0.05, 0) is 37.7 Å². The molecule has 0 radical (unpaired) electrons. The molecule has 4 nitrogen and oxygen atoms in total. The summed E-state index contributed by atoms with van der Waals surface area (Å²) in [7, 11) is 2.08. The van der Waals surface area contributed by atoms with Gasteiger partial charge in [-0.25, -0.2) is 0 Å². The molecule has 1 aromatic heterocycles. The fraction of sp³-hybridized carbons (Fsp3) is 0.615. The highest BCUT2D eigenvalue weighted by molar-refractivity contribution is 5.09. The van der Waals surface area contributed by atoms with Gasteiger partial charge in [0.25, 0.3) is 0 Å². The maximum Gasteiger partial charge on any atom is 0.0597 e. The van der Waals surface area contributed by atoms with Crippen molar-refractivity contribution in [2.45, 2.75) is 19.4 Å². The van der Waals surface area contributed by atoms with Gasteiger partial charge < -0.3 is 15.3 Å². The lowest BCUT2D eigenvalue weighted by Crippen LogP contribution is -2.42. The van der Waals surface area contributed by atoms with E-state index >= 15 is 0 Å². The van der Waals surface area contributed by atoms with Crippen molar-refractivity contribution in [2.24, 2.45) is 0 Å². The smallest absolute Gasteiger partial charge is 0.0597 e. The molecule has 0 spiro atoms. The Bertz CT molecular complexity index is 292. The topological polar surface area (TPSA) is 48.4 Å². The standard InChI is InChI=1S/C13H23N3O/c1-3-15-13(11-17)10-16(2)9-6-12-4-7-14-8-5-12/h4-5,7-8,13,15,17H,3,6,9-11H2,1-2H3. The van der Waals surface area contributed by atoms with Crippen LogP contribution in [-0.4, -0.2) is 54.3 Å². The molecule has 4 heteroatoms. The normalized spacial score (nSPS) is 12.9. The van der Waals surface area contributed by atoms with Crippen molar-refractivity contribution in [3.8, 4) is 0 Å². The summed E-state index contributed by atoms with van der Waals surface area (Å²) in [5.41, 5.74) is 1.30. The molecule has 1 rings (SSSR count). The summed E-state index contributed by atoms with van der Waals surface area (Å²) in [6.45, 7) is 5.00. The van der Waals surface area contributed by atoms with E-state index in [0.29, 0.717) is 0 Å². The summed E-state index contributed by atoms with van der Waals surface area (Å²) in [5, 5.41) is 12.5. The van der Waals surface area contributed by atoms with E-state index in [9.17, 15) is 5.11 Å². The molecule has 0 aliphatic carbocycles. The Morgan fingerprint density at radius 1 is 1.41 bits per heavy atom. The number of likely N-dealkylation sites (N-methyl/N-ethyl adjacent to an activating group) is 2. The number of hydrogen-bond acceptors (Lipinski definition) is 4. The predicted molar refractivity (Wildman–Crippen MR) is 70.0 cm³/mol. The first-order chi connectivity index (χ1) is 8.26. The van der Waals surface area contributed by atoms with E-state index in [1.165, 1.54) is 5.56 Å². The summed E-state index contributed by atoms with van der Waals surface area (Å²) in [6.07, 6.45) is 4.66. The molecule has 0 saturated carbocycles. The van der Waals surface area contributed by atoms with Crippen molar-refractivity contribution < 1.29 is 5.11 Å². The van der Waals surface area contributed by atoms with Crippen LogP contribution in [0.4, 0.5) is 0 Å². The van der Waals surface area contributed by atoms with Gasteiger partial charge in [-0.1, -0.05) is 6.92 Å². The van der Waals surface area contributed by atoms with Crippen molar-refractivity contribution in [3.63, 3.8) is 0 Å². The van der Waals surface area contributed by atoms with Gasteiger partial charge in [0.2, 0.25) is 0 Å². The fourth-order valence-electron chi connectivity index (χ4n) is 1.81. The van der Waals surface area contributed by atoms with Gasteiger partial charge in [0.15, 0.2) is 0 Å². The molecule has 0 amide bonds. The molecule has 1 aromatic rings. The van der Waals surface area contributed by atoms with Gasteiger partial charge in [0.1, 0.15) is 0 Å². The van der Waals surface area contributed by atoms with E-state index in [1.807, 2.05) is 24.5 Å². The average molecular weight is 237 g/mol. The summed E-state index contributed by atoms with van der Waals surface area (Å²) >= 11 is 0. The lowest BCUT2D eigenvalue weighted by molar-refractivity contribution is 0.201. The molecule has 0 aromatic carbocycles. The zero-order chi connectivity index (χ0) is 12.5. The van der Waals surface area contributed by atoms with Crippen LogP contribution in [0.3, 0.4) is 0 Å². The van der Waals surface area contributed by atoms with Crippen molar-refractivity contribution in [1.29, 1.82) is 0 Å². The lowest BCUT2D eigenvalue weighted by atomic mass is 10.2. The summed E-state index contributed by atoms with van der Waals surface area (Å²) < 4.78 is 0. The molecule has 0 bridgehead atoms. The number of pyridine rings is 1. The number of nitrogens with one attached hydrogen (secondary N) is 1. The Morgan fingerprint density at radius 3 is 2.71 bits per heavy atom. The first-order valence-electron chi connectivity index (χ1n) is 6.18. The minimum atomic E-state index is 0.169. The minimum Gasteiger partial charge on any atom is -0.395 e. The molecular formula is C13H23N3O. The number of nitrogens with zero attached hydrogens (tertiary/aromatic N) is 2. The van der Waals surface area contributed by atoms with Crippen LogP contribution in [0.2, 0.25) is 0 Å². The zero-order valence-electron chi connectivity index (χ0n) is 10.8. The molecule has 17 heavy (non-hydrogen) atoms. The second-order valence-electron chi connectivity index (χ2n) is 4.30.